The molecular formula is C15H18N2O2S2. The average Bonchev–Trinajstić information content (AvgIpc) is 2.97. The summed E-state index contributed by atoms with van der Waals surface area (Å²) in [7, 11) is -3.46. The fraction of sp³-hybridized carbons (Fsp3) is 0.333. The van der Waals surface area contributed by atoms with Gasteiger partial charge in [-0.05, 0) is 48.1 Å². The molecule has 0 spiro atoms. The second kappa shape index (κ2) is 5.53. The van der Waals surface area contributed by atoms with Gasteiger partial charge < -0.3 is 5.73 Å². The van der Waals surface area contributed by atoms with E-state index in [1.165, 1.54) is 4.88 Å². The zero-order chi connectivity index (χ0) is 15.0. The summed E-state index contributed by atoms with van der Waals surface area (Å²) in [5.74, 6) is 0. The van der Waals surface area contributed by atoms with Crippen LogP contribution < -0.4 is 5.73 Å². The van der Waals surface area contributed by atoms with Gasteiger partial charge in [-0.25, -0.2) is 8.42 Å². The first kappa shape index (κ1) is 14.7. The highest BCUT2D eigenvalue weighted by atomic mass is 32.2. The van der Waals surface area contributed by atoms with Gasteiger partial charge in [-0.15, -0.1) is 11.3 Å². The van der Waals surface area contributed by atoms with E-state index >= 15 is 0 Å². The first-order valence-corrected chi connectivity index (χ1v) is 9.23. The van der Waals surface area contributed by atoms with Crippen LogP contribution in [-0.4, -0.2) is 19.3 Å². The predicted molar refractivity (Wildman–Crippen MR) is 84.7 cm³/mol. The van der Waals surface area contributed by atoms with E-state index in [9.17, 15) is 8.42 Å². The van der Waals surface area contributed by atoms with Gasteiger partial charge in [-0.1, -0.05) is 12.1 Å². The molecule has 2 heterocycles. The average molecular weight is 322 g/mol. The molecule has 3 rings (SSSR count). The summed E-state index contributed by atoms with van der Waals surface area (Å²) in [6, 6.07) is 8.76. The molecule has 112 valence electrons. The third-order valence-corrected chi connectivity index (χ3v) is 6.97. The number of sulfonamides is 1. The van der Waals surface area contributed by atoms with Gasteiger partial charge in [0.2, 0.25) is 10.0 Å². The lowest BCUT2D eigenvalue weighted by atomic mass is 10.0. The topological polar surface area (TPSA) is 63.4 Å². The maximum absolute atomic E-state index is 12.8. The normalized spacial score (nSPS) is 19.4. The number of hydrogen-bond donors (Lipinski definition) is 1. The maximum Gasteiger partial charge on any atom is 0.243 e. The largest absolute Gasteiger partial charge is 0.326 e. The molecule has 6 heteroatoms. The Balaban J connectivity index is 1.95. The monoisotopic (exact) mass is 322 g/mol. The van der Waals surface area contributed by atoms with Crippen molar-refractivity contribution in [1.82, 2.24) is 4.31 Å². The van der Waals surface area contributed by atoms with Crippen LogP contribution in [-0.2, 0) is 23.0 Å². The van der Waals surface area contributed by atoms with Crippen molar-refractivity contribution in [2.75, 3.05) is 6.54 Å². The van der Waals surface area contributed by atoms with Gasteiger partial charge in [0.05, 0.1) is 4.90 Å². The van der Waals surface area contributed by atoms with Gasteiger partial charge in [-0.2, -0.15) is 4.31 Å². The summed E-state index contributed by atoms with van der Waals surface area (Å²) < 4.78 is 27.3. The second-order valence-corrected chi connectivity index (χ2v) is 8.08. The van der Waals surface area contributed by atoms with Crippen molar-refractivity contribution in [1.29, 1.82) is 0 Å². The summed E-state index contributed by atoms with van der Waals surface area (Å²) in [4.78, 5) is 1.64. The summed E-state index contributed by atoms with van der Waals surface area (Å²) in [6.45, 7) is 2.91. The molecule has 0 radical (unpaired) electrons. The van der Waals surface area contributed by atoms with E-state index in [1.54, 1.807) is 39.9 Å². The van der Waals surface area contributed by atoms with Crippen LogP contribution >= 0.6 is 11.3 Å². The molecule has 1 aromatic carbocycles. The first-order valence-electron chi connectivity index (χ1n) is 6.91. The summed E-state index contributed by atoms with van der Waals surface area (Å²) in [6.07, 6.45) is 0.789. The minimum Gasteiger partial charge on any atom is -0.326 e. The van der Waals surface area contributed by atoms with Crippen LogP contribution in [0.25, 0.3) is 0 Å². The predicted octanol–water partition coefficient (Wildman–Crippen LogP) is 2.51. The summed E-state index contributed by atoms with van der Waals surface area (Å²) in [5.41, 5.74) is 7.62. The summed E-state index contributed by atoms with van der Waals surface area (Å²) in [5, 5.41) is 2.04. The van der Waals surface area contributed by atoms with Crippen LogP contribution in [0.4, 0.5) is 0 Å². The van der Waals surface area contributed by atoms with Crippen LogP contribution in [0.1, 0.15) is 29.0 Å². The lowest BCUT2D eigenvalue weighted by molar-refractivity contribution is 0.329. The van der Waals surface area contributed by atoms with Gasteiger partial charge in [-0.3, -0.25) is 0 Å². The molecule has 0 saturated heterocycles. The minimum atomic E-state index is -3.46. The van der Waals surface area contributed by atoms with E-state index in [4.69, 9.17) is 5.73 Å². The van der Waals surface area contributed by atoms with Crippen molar-refractivity contribution < 1.29 is 8.42 Å². The number of fused-ring (bicyclic) bond motifs is 1. The van der Waals surface area contributed by atoms with Crippen LogP contribution in [0.3, 0.4) is 0 Å². The van der Waals surface area contributed by atoms with E-state index in [1.807, 2.05) is 18.4 Å². The number of nitrogens with zero attached hydrogens (tertiary/aromatic N) is 1. The lowest BCUT2D eigenvalue weighted by Gasteiger charge is -2.32. The van der Waals surface area contributed by atoms with E-state index in [2.05, 4.69) is 0 Å². The molecule has 1 aromatic heterocycles. The van der Waals surface area contributed by atoms with Gasteiger partial charge in [0.15, 0.2) is 0 Å². The zero-order valence-corrected chi connectivity index (χ0v) is 13.5. The Hall–Kier alpha value is -1.21. The highest BCUT2D eigenvalue weighted by molar-refractivity contribution is 7.89. The zero-order valence-electron chi connectivity index (χ0n) is 11.8. The molecule has 0 fully saturated rings. The molecule has 4 nitrogen and oxygen atoms in total. The summed E-state index contributed by atoms with van der Waals surface area (Å²) >= 11 is 1.71. The molecule has 2 aromatic rings. The molecule has 0 aliphatic carbocycles. The highest BCUT2D eigenvalue weighted by Crippen LogP contribution is 2.36. The highest BCUT2D eigenvalue weighted by Gasteiger charge is 2.34. The third kappa shape index (κ3) is 2.53. The molecule has 0 bridgehead atoms. The minimum absolute atomic E-state index is 0.112. The Labute approximate surface area is 129 Å². The molecule has 1 atom stereocenters. The SMILES string of the molecule is CC1c2ccsc2CCN1S(=O)(=O)c1ccc(CN)cc1. The Morgan fingerprint density at radius 2 is 2.00 bits per heavy atom. The Morgan fingerprint density at radius 3 is 2.67 bits per heavy atom. The molecule has 2 N–H and O–H groups in total. The van der Waals surface area contributed by atoms with Crippen LogP contribution in [0, 0.1) is 0 Å². The molecule has 1 aliphatic heterocycles. The fourth-order valence-electron chi connectivity index (χ4n) is 2.75. The quantitative estimate of drug-likeness (QED) is 0.944. The smallest absolute Gasteiger partial charge is 0.243 e. The fourth-order valence-corrected chi connectivity index (χ4v) is 5.32. The van der Waals surface area contributed by atoms with Gasteiger partial charge in [0, 0.05) is 24.0 Å². The van der Waals surface area contributed by atoms with E-state index in [0.717, 1.165) is 17.5 Å². The van der Waals surface area contributed by atoms with Crippen molar-refractivity contribution >= 4 is 21.4 Å². The van der Waals surface area contributed by atoms with Crippen LogP contribution in [0.5, 0.6) is 0 Å². The van der Waals surface area contributed by atoms with Crippen molar-refractivity contribution in [3.63, 3.8) is 0 Å². The van der Waals surface area contributed by atoms with E-state index in [0.29, 0.717) is 18.0 Å². The van der Waals surface area contributed by atoms with Gasteiger partial charge in [0.1, 0.15) is 0 Å². The Kier molecular flexibility index (Phi) is 3.88. The van der Waals surface area contributed by atoms with Crippen molar-refractivity contribution in [3.05, 3.63) is 51.7 Å². The standard InChI is InChI=1S/C15H18N2O2S2/c1-11-14-7-9-20-15(14)6-8-17(11)21(18,19)13-4-2-12(10-16)3-5-13/h2-5,7,9,11H,6,8,10,16H2,1H3. The third-order valence-electron chi connectivity index (χ3n) is 3.99. The molecular weight excluding hydrogens is 304 g/mol. The number of nitrogens with two attached hydrogens (primary N) is 1. The van der Waals surface area contributed by atoms with Crippen molar-refractivity contribution in [2.24, 2.45) is 5.73 Å². The van der Waals surface area contributed by atoms with Gasteiger partial charge >= 0.3 is 0 Å². The molecule has 1 unspecified atom stereocenters. The number of thiophene rings is 1. The molecule has 0 amide bonds. The van der Waals surface area contributed by atoms with Crippen molar-refractivity contribution in [3.8, 4) is 0 Å². The lowest BCUT2D eigenvalue weighted by Crippen LogP contribution is -2.38. The molecule has 21 heavy (non-hydrogen) atoms. The van der Waals surface area contributed by atoms with E-state index in [-0.39, 0.29) is 6.04 Å². The Bertz CT molecular complexity index is 735. The van der Waals surface area contributed by atoms with Crippen LogP contribution in [0.2, 0.25) is 0 Å². The van der Waals surface area contributed by atoms with Crippen LogP contribution in [0.15, 0.2) is 40.6 Å². The van der Waals surface area contributed by atoms with Gasteiger partial charge in [0.25, 0.3) is 0 Å². The maximum atomic E-state index is 12.8. The number of benzene rings is 1. The molecule has 0 saturated carbocycles. The Morgan fingerprint density at radius 1 is 1.29 bits per heavy atom. The molecule has 1 aliphatic rings. The van der Waals surface area contributed by atoms with E-state index < -0.39 is 10.0 Å². The van der Waals surface area contributed by atoms with Crippen molar-refractivity contribution in [2.45, 2.75) is 30.8 Å². The first-order chi connectivity index (χ1) is 10.0. The number of rotatable bonds is 3. The number of hydrogen-bond acceptors (Lipinski definition) is 4. The second-order valence-electron chi connectivity index (χ2n) is 5.19.